The lowest BCUT2D eigenvalue weighted by Crippen LogP contribution is -2.03. The maximum atomic E-state index is 12.3. The SMILES string of the molecule is O=C1Nc2cc(Cl)ccc2C1=Cc1cccc(OCc2ccccc2)c1. The van der Waals surface area contributed by atoms with Crippen molar-refractivity contribution < 1.29 is 9.53 Å². The van der Waals surface area contributed by atoms with E-state index in [0.29, 0.717) is 17.2 Å². The molecule has 128 valence electrons. The number of amides is 1. The fourth-order valence-electron chi connectivity index (χ4n) is 2.91. The van der Waals surface area contributed by atoms with Gasteiger partial charge in [-0.1, -0.05) is 60.1 Å². The molecule has 4 rings (SSSR count). The van der Waals surface area contributed by atoms with E-state index in [1.54, 1.807) is 12.1 Å². The van der Waals surface area contributed by atoms with Crippen LogP contribution in [0.3, 0.4) is 0 Å². The monoisotopic (exact) mass is 361 g/mol. The molecule has 0 aliphatic carbocycles. The van der Waals surface area contributed by atoms with E-state index < -0.39 is 0 Å². The van der Waals surface area contributed by atoms with Crippen LogP contribution in [-0.2, 0) is 11.4 Å². The van der Waals surface area contributed by atoms with Gasteiger partial charge in [0.25, 0.3) is 5.91 Å². The number of carbonyl (C=O) groups is 1. The highest BCUT2D eigenvalue weighted by Crippen LogP contribution is 2.35. The first-order valence-electron chi connectivity index (χ1n) is 8.29. The summed E-state index contributed by atoms with van der Waals surface area (Å²) in [5, 5.41) is 3.45. The highest BCUT2D eigenvalue weighted by Gasteiger charge is 2.24. The first-order chi connectivity index (χ1) is 12.7. The molecule has 0 aromatic heterocycles. The number of halogens is 1. The molecule has 1 aliphatic rings. The Morgan fingerprint density at radius 3 is 2.65 bits per heavy atom. The second kappa shape index (κ2) is 7.06. The minimum absolute atomic E-state index is 0.127. The lowest BCUT2D eigenvalue weighted by atomic mass is 10.0. The third-order valence-electron chi connectivity index (χ3n) is 4.18. The van der Waals surface area contributed by atoms with E-state index in [-0.39, 0.29) is 5.91 Å². The average molecular weight is 362 g/mol. The summed E-state index contributed by atoms with van der Waals surface area (Å²) < 4.78 is 5.86. The van der Waals surface area contributed by atoms with Gasteiger partial charge in [0.1, 0.15) is 12.4 Å². The van der Waals surface area contributed by atoms with Crippen LogP contribution in [0.15, 0.2) is 72.8 Å². The molecule has 3 nitrogen and oxygen atoms in total. The van der Waals surface area contributed by atoms with E-state index in [1.807, 2.05) is 66.7 Å². The highest BCUT2D eigenvalue weighted by atomic mass is 35.5. The van der Waals surface area contributed by atoms with Crippen molar-refractivity contribution in [2.45, 2.75) is 6.61 Å². The van der Waals surface area contributed by atoms with Crippen molar-refractivity contribution in [1.82, 2.24) is 0 Å². The summed E-state index contributed by atoms with van der Waals surface area (Å²) >= 11 is 6.00. The summed E-state index contributed by atoms with van der Waals surface area (Å²) in [5.74, 6) is 0.635. The summed E-state index contributed by atoms with van der Waals surface area (Å²) in [4.78, 5) is 12.3. The number of anilines is 1. The normalized spacial score (nSPS) is 14.2. The Labute approximate surface area is 156 Å². The predicted octanol–water partition coefficient (Wildman–Crippen LogP) is 5.41. The molecular weight excluding hydrogens is 346 g/mol. The van der Waals surface area contributed by atoms with Crippen LogP contribution in [0.4, 0.5) is 5.69 Å². The number of nitrogens with one attached hydrogen (secondary N) is 1. The molecule has 3 aromatic carbocycles. The molecular formula is C22H16ClNO2. The molecule has 4 heteroatoms. The molecule has 1 heterocycles. The summed E-state index contributed by atoms with van der Waals surface area (Å²) in [7, 11) is 0. The second-order valence-corrected chi connectivity index (χ2v) is 6.49. The van der Waals surface area contributed by atoms with Crippen molar-refractivity contribution >= 4 is 34.8 Å². The zero-order valence-corrected chi connectivity index (χ0v) is 14.7. The third-order valence-corrected chi connectivity index (χ3v) is 4.42. The van der Waals surface area contributed by atoms with Crippen LogP contribution < -0.4 is 10.1 Å². The molecule has 0 fully saturated rings. The Morgan fingerprint density at radius 2 is 1.81 bits per heavy atom. The Hall–Kier alpha value is -3.04. The number of rotatable bonds is 4. The first kappa shape index (κ1) is 16.4. The van der Waals surface area contributed by atoms with Gasteiger partial charge in [-0.15, -0.1) is 0 Å². The predicted molar refractivity (Wildman–Crippen MR) is 105 cm³/mol. The largest absolute Gasteiger partial charge is 0.489 e. The van der Waals surface area contributed by atoms with Crippen LogP contribution >= 0.6 is 11.6 Å². The van der Waals surface area contributed by atoms with Crippen molar-refractivity contribution in [3.63, 3.8) is 0 Å². The van der Waals surface area contributed by atoms with Crippen molar-refractivity contribution in [3.8, 4) is 5.75 Å². The summed E-state index contributed by atoms with van der Waals surface area (Å²) in [6.07, 6.45) is 1.87. The molecule has 3 aromatic rings. The molecule has 26 heavy (non-hydrogen) atoms. The van der Waals surface area contributed by atoms with Gasteiger partial charge in [0, 0.05) is 16.2 Å². The van der Waals surface area contributed by atoms with E-state index >= 15 is 0 Å². The smallest absolute Gasteiger partial charge is 0.256 e. The fraction of sp³-hybridized carbons (Fsp3) is 0.0455. The van der Waals surface area contributed by atoms with Crippen molar-refractivity contribution in [2.75, 3.05) is 5.32 Å². The van der Waals surface area contributed by atoms with Gasteiger partial charge in [-0.05, 0) is 41.5 Å². The van der Waals surface area contributed by atoms with Crippen molar-refractivity contribution in [2.24, 2.45) is 0 Å². The summed E-state index contributed by atoms with van der Waals surface area (Å²) in [6, 6.07) is 23.1. The standard InChI is InChI=1S/C22H16ClNO2/c23-17-9-10-19-20(22(25)24-21(19)13-17)12-16-7-4-8-18(11-16)26-14-15-5-2-1-3-6-15/h1-13H,14H2,(H,24,25). The molecule has 1 N–H and O–H groups in total. The maximum Gasteiger partial charge on any atom is 0.256 e. The number of fused-ring (bicyclic) bond motifs is 1. The highest BCUT2D eigenvalue weighted by molar-refractivity contribution is 6.36. The van der Waals surface area contributed by atoms with Gasteiger partial charge in [-0.25, -0.2) is 0 Å². The Balaban J connectivity index is 1.57. The molecule has 0 unspecified atom stereocenters. The zero-order valence-electron chi connectivity index (χ0n) is 13.9. The quantitative estimate of drug-likeness (QED) is 0.631. The van der Waals surface area contributed by atoms with E-state index in [0.717, 1.165) is 28.1 Å². The number of carbonyl (C=O) groups excluding carboxylic acids is 1. The fourth-order valence-corrected chi connectivity index (χ4v) is 3.08. The van der Waals surface area contributed by atoms with Crippen LogP contribution in [-0.4, -0.2) is 5.91 Å². The molecule has 1 aliphatic heterocycles. The first-order valence-corrected chi connectivity index (χ1v) is 8.66. The van der Waals surface area contributed by atoms with Crippen LogP contribution in [0, 0.1) is 0 Å². The zero-order chi connectivity index (χ0) is 17.9. The van der Waals surface area contributed by atoms with Gasteiger partial charge in [0.05, 0.1) is 5.69 Å². The lowest BCUT2D eigenvalue weighted by molar-refractivity contribution is -0.110. The van der Waals surface area contributed by atoms with Gasteiger partial charge in [-0.2, -0.15) is 0 Å². The van der Waals surface area contributed by atoms with E-state index in [4.69, 9.17) is 16.3 Å². The minimum atomic E-state index is -0.127. The number of hydrogen-bond donors (Lipinski definition) is 1. The molecule has 0 radical (unpaired) electrons. The van der Waals surface area contributed by atoms with Crippen LogP contribution in [0.1, 0.15) is 16.7 Å². The number of ether oxygens (including phenoxy) is 1. The average Bonchev–Trinajstić information content (AvgIpc) is 2.96. The molecule has 0 spiro atoms. The molecule has 0 bridgehead atoms. The molecule has 1 amide bonds. The van der Waals surface area contributed by atoms with Gasteiger partial charge in [0.15, 0.2) is 0 Å². The third kappa shape index (κ3) is 3.48. The summed E-state index contributed by atoms with van der Waals surface area (Å²) in [6.45, 7) is 0.503. The van der Waals surface area contributed by atoms with E-state index in [1.165, 1.54) is 0 Å². The minimum Gasteiger partial charge on any atom is -0.489 e. The number of hydrogen-bond acceptors (Lipinski definition) is 2. The topological polar surface area (TPSA) is 38.3 Å². The van der Waals surface area contributed by atoms with Gasteiger partial charge in [-0.3, -0.25) is 4.79 Å². The Bertz CT molecular complexity index is 996. The van der Waals surface area contributed by atoms with Crippen LogP contribution in [0.5, 0.6) is 5.75 Å². The Morgan fingerprint density at radius 1 is 0.962 bits per heavy atom. The number of benzene rings is 3. The molecule has 0 saturated heterocycles. The van der Waals surface area contributed by atoms with Crippen LogP contribution in [0.2, 0.25) is 5.02 Å². The van der Waals surface area contributed by atoms with Gasteiger partial charge < -0.3 is 10.1 Å². The molecule has 0 atom stereocenters. The van der Waals surface area contributed by atoms with Gasteiger partial charge in [0.2, 0.25) is 0 Å². The van der Waals surface area contributed by atoms with Crippen molar-refractivity contribution in [1.29, 1.82) is 0 Å². The van der Waals surface area contributed by atoms with Crippen molar-refractivity contribution in [3.05, 3.63) is 94.5 Å². The second-order valence-electron chi connectivity index (χ2n) is 6.05. The summed E-state index contributed by atoms with van der Waals surface area (Å²) in [5.41, 5.74) is 4.23. The molecule has 0 saturated carbocycles. The Kier molecular flexibility index (Phi) is 4.46. The van der Waals surface area contributed by atoms with E-state index in [9.17, 15) is 4.79 Å². The van der Waals surface area contributed by atoms with Gasteiger partial charge >= 0.3 is 0 Å². The van der Waals surface area contributed by atoms with Crippen LogP contribution in [0.25, 0.3) is 11.6 Å². The maximum absolute atomic E-state index is 12.3. The van der Waals surface area contributed by atoms with E-state index in [2.05, 4.69) is 5.32 Å². The lowest BCUT2D eigenvalue weighted by Gasteiger charge is -2.07.